The van der Waals surface area contributed by atoms with Crippen molar-refractivity contribution in [3.63, 3.8) is 0 Å². The Morgan fingerprint density at radius 3 is 2.72 bits per heavy atom. The van der Waals surface area contributed by atoms with Gasteiger partial charge in [-0.25, -0.2) is 9.07 Å². The first-order valence-electron chi connectivity index (χ1n) is 11.9. The highest BCUT2D eigenvalue weighted by molar-refractivity contribution is 6.03. The summed E-state index contributed by atoms with van der Waals surface area (Å²) >= 11 is 0. The van der Waals surface area contributed by atoms with Crippen molar-refractivity contribution in [2.24, 2.45) is 11.7 Å². The minimum atomic E-state index is -1.13. The molecule has 3 aromatic rings. The molecule has 1 fully saturated rings. The van der Waals surface area contributed by atoms with Gasteiger partial charge in [-0.3, -0.25) is 10.1 Å². The molecular formula is C26H32FN5O4. The van der Waals surface area contributed by atoms with Gasteiger partial charge < -0.3 is 26.0 Å². The SMILES string of the molecule is COc1ccc(F)cc1C(O)NCc1ccc(-c2nn(C(C)C3CCCOC3)c(N)c2C(N)=O)cc1. The van der Waals surface area contributed by atoms with Gasteiger partial charge >= 0.3 is 0 Å². The van der Waals surface area contributed by atoms with E-state index in [9.17, 15) is 14.3 Å². The fraction of sp³-hybridized carbons (Fsp3) is 0.385. The molecule has 1 aromatic heterocycles. The number of ether oxygens (including phenoxy) is 2. The first-order valence-corrected chi connectivity index (χ1v) is 11.9. The molecule has 2 aromatic carbocycles. The molecule has 2 heterocycles. The van der Waals surface area contributed by atoms with E-state index < -0.39 is 18.0 Å². The summed E-state index contributed by atoms with van der Waals surface area (Å²) in [6, 6.07) is 11.2. The highest BCUT2D eigenvalue weighted by Gasteiger charge is 2.28. The second kappa shape index (κ2) is 11.1. The van der Waals surface area contributed by atoms with Crippen molar-refractivity contribution in [3.05, 3.63) is 65.0 Å². The van der Waals surface area contributed by atoms with Crippen molar-refractivity contribution >= 4 is 11.7 Å². The molecule has 4 rings (SSSR count). The summed E-state index contributed by atoms with van der Waals surface area (Å²) in [5, 5.41) is 18.1. The van der Waals surface area contributed by atoms with E-state index >= 15 is 0 Å². The number of nitrogens with one attached hydrogen (secondary N) is 1. The van der Waals surface area contributed by atoms with Crippen molar-refractivity contribution in [2.75, 3.05) is 26.1 Å². The fourth-order valence-corrected chi connectivity index (χ4v) is 4.57. The van der Waals surface area contributed by atoms with Crippen LogP contribution in [-0.4, -0.2) is 41.1 Å². The predicted octanol–water partition coefficient (Wildman–Crippen LogP) is 3.15. The van der Waals surface area contributed by atoms with E-state index in [1.54, 1.807) is 4.68 Å². The van der Waals surface area contributed by atoms with Crippen molar-refractivity contribution < 1.29 is 23.8 Å². The Morgan fingerprint density at radius 2 is 2.08 bits per heavy atom. The summed E-state index contributed by atoms with van der Waals surface area (Å²) in [5.41, 5.74) is 14.5. The molecule has 0 spiro atoms. The molecule has 0 bridgehead atoms. The quantitative estimate of drug-likeness (QED) is 0.333. The van der Waals surface area contributed by atoms with Gasteiger partial charge in [0.1, 0.15) is 34.9 Å². The van der Waals surface area contributed by atoms with Crippen molar-refractivity contribution in [3.8, 4) is 17.0 Å². The van der Waals surface area contributed by atoms with Gasteiger partial charge in [0.15, 0.2) is 0 Å². The van der Waals surface area contributed by atoms with E-state index in [2.05, 4.69) is 10.4 Å². The zero-order valence-corrected chi connectivity index (χ0v) is 20.4. The van der Waals surface area contributed by atoms with E-state index in [0.29, 0.717) is 35.7 Å². The van der Waals surface area contributed by atoms with Gasteiger partial charge in [-0.05, 0) is 43.5 Å². The lowest BCUT2D eigenvalue weighted by Crippen LogP contribution is -2.27. The Morgan fingerprint density at radius 1 is 1.33 bits per heavy atom. The van der Waals surface area contributed by atoms with Crippen LogP contribution in [0.25, 0.3) is 11.3 Å². The summed E-state index contributed by atoms with van der Waals surface area (Å²) in [4.78, 5) is 12.3. The zero-order chi connectivity index (χ0) is 25.8. The normalized spacial score (nSPS) is 17.5. The van der Waals surface area contributed by atoms with Gasteiger partial charge in [-0.2, -0.15) is 5.10 Å². The van der Waals surface area contributed by atoms with E-state index in [-0.39, 0.29) is 23.3 Å². The molecule has 3 unspecified atom stereocenters. The number of hydrogen-bond donors (Lipinski definition) is 4. The summed E-state index contributed by atoms with van der Waals surface area (Å²) in [6.07, 6.45) is 0.844. The van der Waals surface area contributed by atoms with Gasteiger partial charge in [-0.15, -0.1) is 0 Å². The van der Waals surface area contributed by atoms with Crippen LogP contribution in [-0.2, 0) is 11.3 Å². The Labute approximate surface area is 209 Å². The number of primary amides is 1. The molecule has 10 heteroatoms. The number of aliphatic hydroxyl groups is 1. The number of methoxy groups -OCH3 is 1. The molecule has 1 saturated heterocycles. The third-order valence-electron chi connectivity index (χ3n) is 6.67. The number of nitrogen functional groups attached to an aromatic ring is 1. The molecule has 1 aliphatic heterocycles. The smallest absolute Gasteiger partial charge is 0.254 e. The van der Waals surface area contributed by atoms with Crippen LogP contribution >= 0.6 is 0 Å². The summed E-state index contributed by atoms with van der Waals surface area (Å²) in [6.45, 7) is 3.70. The van der Waals surface area contributed by atoms with Crippen LogP contribution in [0.1, 0.15) is 53.5 Å². The van der Waals surface area contributed by atoms with Gasteiger partial charge in [0.25, 0.3) is 5.91 Å². The first kappa shape index (κ1) is 25.6. The third-order valence-corrected chi connectivity index (χ3v) is 6.67. The molecule has 192 valence electrons. The lowest BCUT2D eigenvalue weighted by Gasteiger charge is -2.28. The minimum Gasteiger partial charge on any atom is -0.496 e. The molecule has 1 aliphatic rings. The lowest BCUT2D eigenvalue weighted by atomic mass is 9.95. The standard InChI is InChI=1S/C26H32FN5O4/c1-15(18-4-3-11-36-14-18)32-24(28)22(25(29)33)23(31-32)17-7-5-16(6-8-17)13-30-26(34)20-12-19(27)9-10-21(20)35-2/h5-10,12,15,18,26,30,34H,3-4,11,13-14,28H2,1-2H3,(H2,29,33). The van der Waals surface area contributed by atoms with Crippen LogP contribution in [0.15, 0.2) is 42.5 Å². The average molecular weight is 498 g/mol. The number of anilines is 1. The van der Waals surface area contributed by atoms with Crippen molar-refractivity contribution in [1.82, 2.24) is 15.1 Å². The number of aromatic nitrogens is 2. The van der Waals surface area contributed by atoms with Crippen LogP contribution in [0, 0.1) is 11.7 Å². The van der Waals surface area contributed by atoms with Crippen LogP contribution in [0.2, 0.25) is 0 Å². The maximum atomic E-state index is 13.6. The van der Waals surface area contributed by atoms with E-state index in [1.165, 1.54) is 25.3 Å². The monoisotopic (exact) mass is 497 g/mol. The average Bonchev–Trinajstić information content (AvgIpc) is 3.24. The van der Waals surface area contributed by atoms with Crippen molar-refractivity contribution in [1.29, 1.82) is 0 Å². The fourth-order valence-electron chi connectivity index (χ4n) is 4.57. The van der Waals surface area contributed by atoms with Gasteiger partial charge in [0.05, 0.1) is 19.8 Å². The number of halogens is 1. The Hall–Kier alpha value is -3.47. The molecule has 9 nitrogen and oxygen atoms in total. The highest BCUT2D eigenvalue weighted by Crippen LogP contribution is 2.33. The van der Waals surface area contributed by atoms with Gasteiger partial charge in [0.2, 0.25) is 0 Å². The molecule has 3 atom stereocenters. The number of benzene rings is 2. The number of carbonyl (C=O) groups is 1. The van der Waals surface area contributed by atoms with Crippen LogP contribution in [0.4, 0.5) is 10.2 Å². The maximum absolute atomic E-state index is 13.6. The predicted molar refractivity (Wildman–Crippen MR) is 134 cm³/mol. The van der Waals surface area contributed by atoms with Crippen molar-refractivity contribution in [2.45, 2.75) is 38.6 Å². The van der Waals surface area contributed by atoms with Crippen LogP contribution < -0.4 is 21.5 Å². The zero-order valence-electron chi connectivity index (χ0n) is 20.4. The Kier molecular flexibility index (Phi) is 7.88. The van der Waals surface area contributed by atoms with Gasteiger partial charge in [0, 0.05) is 30.2 Å². The Bertz CT molecular complexity index is 1210. The number of nitrogens with two attached hydrogens (primary N) is 2. The first-order chi connectivity index (χ1) is 17.3. The number of nitrogens with zero attached hydrogens (tertiary/aromatic N) is 2. The Balaban J connectivity index is 1.52. The molecule has 0 saturated carbocycles. The second-order valence-electron chi connectivity index (χ2n) is 9.00. The number of rotatable bonds is 9. The number of carbonyl (C=O) groups excluding carboxylic acids is 1. The summed E-state index contributed by atoms with van der Waals surface area (Å²) in [7, 11) is 1.46. The number of aliphatic hydroxyl groups excluding tert-OH is 1. The molecule has 0 radical (unpaired) electrons. The largest absolute Gasteiger partial charge is 0.496 e. The topological polar surface area (TPSA) is 138 Å². The maximum Gasteiger partial charge on any atom is 0.254 e. The lowest BCUT2D eigenvalue weighted by molar-refractivity contribution is 0.0347. The minimum absolute atomic E-state index is 0.0538. The van der Waals surface area contributed by atoms with Gasteiger partial charge in [-0.1, -0.05) is 24.3 Å². The number of hydrogen-bond acceptors (Lipinski definition) is 7. The third kappa shape index (κ3) is 5.35. The van der Waals surface area contributed by atoms with Crippen LogP contribution in [0.3, 0.4) is 0 Å². The summed E-state index contributed by atoms with van der Waals surface area (Å²) in [5.74, 6) is -0.239. The molecule has 1 amide bonds. The summed E-state index contributed by atoms with van der Waals surface area (Å²) < 4.78 is 26.1. The van der Waals surface area contributed by atoms with Crippen LogP contribution in [0.5, 0.6) is 5.75 Å². The molecule has 6 N–H and O–H groups in total. The molecular weight excluding hydrogens is 465 g/mol. The number of amides is 1. The van der Waals surface area contributed by atoms with E-state index in [0.717, 1.165) is 25.0 Å². The second-order valence-corrected chi connectivity index (χ2v) is 9.00. The highest BCUT2D eigenvalue weighted by atomic mass is 19.1. The molecule has 0 aliphatic carbocycles. The van der Waals surface area contributed by atoms with E-state index in [1.807, 2.05) is 31.2 Å². The molecule has 36 heavy (non-hydrogen) atoms. The van der Waals surface area contributed by atoms with E-state index in [4.69, 9.17) is 20.9 Å².